The van der Waals surface area contributed by atoms with E-state index in [1.165, 1.54) is 11.1 Å². The van der Waals surface area contributed by atoms with E-state index in [-0.39, 0.29) is 11.8 Å². The molecule has 0 atom stereocenters. The Morgan fingerprint density at radius 3 is 1.14 bits per heavy atom. The van der Waals surface area contributed by atoms with Crippen LogP contribution in [0, 0.1) is 0 Å². The van der Waals surface area contributed by atoms with Gasteiger partial charge in [-0.05, 0) is 101 Å². The first-order valence-corrected chi connectivity index (χ1v) is 16.4. The molecule has 6 rings (SSSR count). The molecule has 0 heterocycles. The van der Waals surface area contributed by atoms with E-state index in [0.29, 0.717) is 24.3 Å². The molecular formula is C43H38N2O4. The maximum absolute atomic E-state index is 12.8. The molecule has 2 N–H and O–H groups in total. The molecule has 244 valence electrons. The molecule has 0 aliphatic carbocycles. The number of anilines is 2. The summed E-state index contributed by atoms with van der Waals surface area (Å²) in [5, 5.41) is 5.93. The van der Waals surface area contributed by atoms with Crippen LogP contribution in [0.25, 0.3) is 0 Å². The van der Waals surface area contributed by atoms with Gasteiger partial charge >= 0.3 is 0 Å². The molecule has 6 nitrogen and oxygen atoms in total. The number of nitrogens with one attached hydrogen (secondary N) is 2. The summed E-state index contributed by atoms with van der Waals surface area (Å²) in [6, 6.07) is 50.4. The van der Waals surface area contributed by atoms with Crippen LogP contribution in [0.4, 0.5) is 11.4 Å². The van der Waals surface area contributed by atoms with Gasteiger partial charge in [-0.25, -0.2) is 0 Å². The highest BCUT2D eigenvalue weighted by Crippen LogP contribution is 2.19. The average molecular weight is 647 g/mol. The maximum atomic E-state index is 12.8. The predicted molar refractivity (Wildman–Crippen MR) is 196 cm³/mol. The van der Waals surface area contributed by atoms with Crippen molar-refractivity contribution in [2.45, 2.75) is 19.3 Å². The van der Waals surface area contributed by atoms with E-state index >= 15 is 0 Å². The number of hydrogen-bond donors (Lipinski definition) is 2. The van der Waals surface area contributed by atoms with Gasteiger partial charge < -0.3 is 20.1 Å². The second-order valence-electron chi connectivity index (χ2n) is 11.7. The summed E-state index contributed by atoms with van der Waals surface area (Å²) in [7, 11) is 0. The fourth-order valence-electron chi connectivity index (χ4n) is 5.32. The second-order valence-corrected chi connectivity index (χ2v) is 11.7. The monoisotopic (exact) mass is 646 g/mol. The molecule has 49 heavy (non-hydrogen) atoms. The van der Waals surface area contributed by atoms with Gasteiger partial charge in [-0.3, -0.25) is 9.59 Å². The average Bonchev–Trinajstić information content (AvgIpc) is 3.15. The minimum absolute atomic E-state index is 0.177. The van der Waals surface area contributed by atoms with Gasteiger partial charge in [0.25, 0.3) is 11.8 Å². The van der Waals surface area contributed by atoms with Gasteiger partial charge in [0.05, 0.1) is 13.2 Å². The van der Waals surface area contributed by atoms with Crippen LogP contribution in [0.15, 0.2) is 158 Å². The van der Waals surface area contributed by atoms with Gasteiger partial charge in [0.1, 0.15) is 11.5 Å². The molecule has 0 radical (unpaired) electrons. The van der Waals surface area contributed by atoms with Crippen molar-refractivity contribution < 1.29 is 19.1 Å². The first-order chi connectivity index (χ1) is 24.1. The minimum Gasteiger partial charge on any atom is -0.493 e. The summed E-state index contributed by atoms with van der Waals surface area (Å²) in [6.45, 7) is 1.15. The zero-order valence-corrected chi connectivity index (χ0v) is 27.2. The smallest absolute Gasteiger partial charge is 0.255 e. The third-order valence-electron chi connectivity index (χ3n) is 8.07. The lowest BCUT2D eigenvalue weighted by Gasteiger charge is -2.10. The highest BCUT2D eigenvalue weighted by Gasteiger charge is 2.09. The van der Waals surface area contributed by atoms with Crippen LogP contribution in [-0.4, -0.2) is 25.0 Å². The third kappa shape index (κ3) is 9.92. The SMILES string of the molecule is O=C(Nc1ccc(Cc2ccc(NC(=O)c3ccc(OCCc4ccccc4)cc3)cc2)cc1)c1ccc(OCCc2ccccc2)cc1. The maximum Gasteiger partial charge on any atom is 0.255 e. The number of rotatable bonds is 14. The van der Waals surface area contributed by atoms with E-state index in [0.717, 1.165) is 53.3 Å². The third-order valence-corrected chi connectivity index (χ3v) is 8.07. The molecule has 2 amide bonds. The molecule has 0 bridgehead atoms. The summed E-state index contributed by atoms with van der Waals surface area (Å²) >= 11 is 0. The Labute approximate surface area is 287 Å². The first kappa shape index (κ1) is 32.8. The molecule has 0 saturated carbocycles. The first-order valence-electron chi connectivity index (χ1n) is 16.4. The molecule has 0 unspecified atom stereocenters. The van der Waals surface area contributed by atoms with Crippen LogP contribution in [0.3, 0.4) is 0 Å². The summed E-state index contributed by atoms with van der Waals surface area (Å²) in [5.74, 6) is 1.12. The van der Waals surface area contributed by atoms with Crippen LogP contribution in [-0.2, 0) is 19.3 Å². The molecule has 6 aromatic carbocycles. The number of benzene rings is 6. The van der Waals surface area contributed by atoms with E-state index in [1.807, 2.05) is 109 Å². The molecule has 0 saturated heterocycles. The standard InChI is InChI=1S/C43H38N2O4/c46-42(36-15-23-40(24-16-36)48-29-27-32-7-3-1-4-8-32)44-38-19-11-34(12-20-38)31-35-13-21-39(22-14-35)45-43(47)37-17-25-41(26-18-37)49-30-28-33-9-5-2-6-10-33/h1-26H,27-31H2,(H,44,46)(H,45,47). The van der Waals surface area contributed by atoms with Crippen molar-refractivity contribution in [1.82, 2.24) is 0 Å². The van der Waals surface area contributed by atoms with Crippen molar-refractivity contribution in [2.75, 3.05) is 23.8 Å². The number of ether oxygens (including phenoxy) is 2. The summed E-state index contributed by atoms with van der Waals surface area (Å²) in [5.41, 5.74) is 7.24. The van der Waals surface area contributed by atoms with Crippen molar-refractivity contribution in [3.8, 4) is 11.5 Å². The van der Waals surface area contributed by atoms with Gasteiger partial charge in [0.2, 0.25) is 0 Å². The van der Waals surface area contributed by atoms with Crippen LogP contribution in [0.2, 0.25) is 0 Å². The van der Waals surface area contributed by atoms with E-state index in [9.17, 15) is 9.59 Å². The molecular weight excluding hydrogens is 608 g/mol. The lowest BCUT2D eigenvalue weighted by molar-refractivity contribution is 0.101. The molecule has 0 aliphatic rings. The molecule has 0 aromatic heterocycles. The molecule has 0 fully saturated rings. The predicted octanol–water partition coefficient (Wildman–Crippen LogP) is 9.03. The summed E-state index contributed by atoms with van der Waals surface area (Å²) in [4.78, 5) is 25.6. The number of carbonyl (C=O) groups excluding carboxylic acids is 2. The van der Waals surface area contributed by atoms with Crippen LogP contribution < -0.4 is 20.1 Å². The summed E-state index contributed by atoms with van der Waals surface area (Å²) in [6.07, 6.45) is 2.37. The van der Waals surface area contributed by atoms with E-state index in [1.54, 1.807) is 24.3 Å². The van der Waals surface area contributed by atoms with Gasteiger partial charge in [0.15, 0.2) is 0 Å². The Bertz CT molecular complexity index is 1780. The Kier molecular flexibility index (Phi) is 11.1. The topological polar surface area (TPSA) is 76.7 Å². The highest BCUT2D eigenvalue weighted by molar-refractivity contribution is 6.05. The lowest BCUT2D eigenvalue weighted by Crippen LogP contribution is -2.12. The van der Waals surface area contributed by atoms with Crippen molar-refractivity contribution in [2.24, 2.45) is 0 Å². The largest absolute Gasteiger partial charge is 0.493 e. The van der Waals surface area contributed by atoms with Crippen molar-refractivity contribution in [1.29, 1.82) is 0 Å². The van der Waals surface area contributed by atoms with Crippen LogP contribution in [0.5, 0.6) is 11.5 Å². The fraction of sp³-hybridized carbons (Fsp3) is 0.116. The molecule has 6 aromatic rings. The Morgan fingerprint density at radius 1 is 0.408 bits per heavy atom. The Hall–Kier alpha value is -6.14. The van der Waals surface area contributed by atoms with E-state index < -0.39 is 0 Å². The lowest BCUT2D eigenvalue weighted by atomic mass is 10.0. The molecule has 0 spiro atoms. The summed E-state index contributed by atoms with van der Waals surface area (Å²) < 4.78 is 11.7. The zero-order valence-electron chi connectivity index (χ0n) is 27.2. The van der Waals surface area contributed by atoms with E-state index in [2.05, 4.69) is 34.9 Å². The van der Waals surface area contributed by atoms with Gasteiger partial charge in [-0.2, -0.15) is 0 Å². The number of carbonyl (C=O) groups is 2. The van der Waals surface area contributed by atoms with Crippen molar-refractivity contribution >= 4 is 23.2 Å². The van der Waals surface area contributed by atoms with Gasteiger partial charge in [-0.15, -0.1) is 0 Å². The molecule has 0 aliphatic heterocycles. The van der Waals surface area contributed by atoms with Gasteiger partial charge in [-0.1, -0.05) is 84.9 Å². The number of amides is 2. The zero-order chi connectivity index (χ0) is 33.7. The molecule has 6 heteroatoms. The number of hydrogen-bond acceptors (Lipinski definition) is 4. The van der Waals surface area contributed by atoms with Crippen molar-refractivity contribution in [3.63, 3.8) is 0 Å². The van der Waals surface area contributed by atoms with Crippen LogP contribution in [0.1, 0.15) is 43.0 Å². The fourth-order valence-corrected chi connectivity index (χ4v) is 5.32. The van der Waals surface area contributed by atoms with E-state index in [4.69, 9.17) is 9.47 Å². The minimum atomic E-state index is -0.177. The Balaban J connectivity index is 0.929. The Morgan fingerprint density at radius 2 is 0.776 bits per heavy atom. The van der Waals surface area contributed by atoms with Gasteiger partial charge in [0, 0.05) is 35.3 Å². The van der Waals surface area contributed by atoms with Crippen molar-refractivity contribution in [3.05, 3.63) is 191 Å². The quantitative estimate of drug-likeness (QED) is 0.124. The normalized spacial score (nSPS) is 10.6. The highest BCUT2D eigenvalue weighted by atomic mass is 16.5. The van der Waals surface area contributed by atoms with Crippen LogP contribution >= 0.6 is 0 Å². The second kappa shape index (κ2) is 16.6.